The van der Waals surface area contributed by atoms with Gasteiger partial charge in [-0.2, -0.15) is 0 Å². The van der Waals surface area contributed by atoms with Crippen LogP contribution < -0.4 is 5.32 Å². The van der Waals surface area contributed by atoms with Crippen LogP contribution in [-0.2, 0) is 4.79 Å². The van der Waals surface area contributed by atoms with Gasteiger partial charge in [0.25, 0.3) is 0 Å². The third-order valence-corrected chi connectivity index (χ3v) is 3.83. The predicted octanol–water partition coefficient (Wildman–Crippen LogP) is 2.59. The van der Waals surface area contributed by atoms with Crippen LogP contribution in [0.2, 0.25) is 0 Å². The first-order valence-electron chi connectivity index (χ1n) is 7.29. The number of nitrogens with one attached hydrogen (secondary N) is 1. The summed E-state index contributed by atoms with van der Waals surface area (Å²) in [6.45, 7) is 3.91. The van der Waals surface area contributed by atoms with Crippen molar-refractivity contribution in [3.05, 3.63) is 35.4 Å². The van der Waals surface area contributed by atoms with E-state index in [2.05, 4.69) is 5.32 Å². The highest BCUT2D eigenvalue weighted by Gasteiger charge is 2.45. The molecule has 1 saturated carbocycles. The summed E-state index contributed by atoms with van der Waals surface area (Å²) in [5.74, 6) is -2.17. The molecule has 0 spiro atoms. The second kappa shape index (κ2) is 6.52. The van der Waals surface area contributed by atoms with E-state index in [-0.39, 0.29) is 36.0 Å². The molecule has 3 unspecified atom stereocenters. The molecule has 3 atom stereocenters. The number of carbonyl (C=O) groups is 1. The van der Waals surface area contributed by atoms with Gasteiger partial charge < -0.3 is 10.4 Å². The second-order valence-corrected chi connectivity index (χ2v) is 6.11. The Hall–Kier alpha value is -1.49. The number of rotatable bonds is 6. The van der Waals surface area contributed by atoms with Crippen LogP contribution in [0.4, 0.5) is 8.78 Å². The van der Waals surface area contributed by atoms with Gasteiger partial charge in [-0.3, -0.25) is 4.79 Å². The van der Waals surface area contributed by atoms with Crippen LogP contribution in [0.1, 0.15) is 38.2 Å². The van der Waals surface area contributed by atoms with E-state index in [1.54, 1.807) is 0 Å². The van der Waals surface area contributed by atoms with Gasteiger partial charge in [0.05, 0.1) is 12.6 Å². The largest absolute Gasteiger partial charge is 0.394 e. The average molecular weight is 297 g/mol. The molecule has 0 heterocycles. The highest BCUT2D eigenvalue weighted by atomic mass is 19.2. The maximum absolute atomic E-state index is 13.7. The van der Waals surface area contributed by atoms with Crippen molar-refractivity contribution < 1.29 is 18.7 Å². The molecule has 1 aromatic carbocycles. The molecule has 0 aromatic heterocycles. The maximum Gasteiger partial charge on any atom is 0.224 e. The van der Waals surface area contributed by atoms with E-state index < -0.39 is 11.6 Å². The average Bonchev–Trinajstić information content (AvgIpc) is 3.20. The minimum absolute atomic E-state index is 0.115. The van der Waals surface area contributed by atoms with Crippen molar-refractivity contribution in [3.63, 3.8) is 0 Å². The van der Waals surface area contributed by atoms with Crippen molar-refractivity contribution in [2.45, 2.75) is 38.6 Å². The third-order valence-electron chi connectivity index (χ3n) is 3.83. The lowest BCUT2D eigenvalue weighted by atomic mass is 10.0. The minimum atomic E-state index is -0.883. The Morgan fingerprint density at radius 1 is 1.43 bits per heavy atom. The summed E-state index contributed by atoms with van der Waals surface area (Å²) in [4.78, 5) is 12.1. The van der Waals surface area contributed by atoms with Crippen LogP contribution in [0.3, 0.4) is 0 Å². The molecule has 1 aromatic rings. The van der Waals surface area contributed by atoms with Crippen molar-refractivity contribution in [3.8, 4) is 0 Å². The first kappa shape index (κ1) is 15.9. The SMILES string of the molecule is CC(C)CC(CO)NC(=O)C1CC1c1cccc(F)c1F. The van der Waals surface area contributed by atoms with E-state index in [0.29, 0.717) is 18.8 Å². The lowest BCUT2D eigenvalue weighted by molar-refractivity contribution is -0.123. The Morgan fingerprint density at radius 2 is 2.14 bits per heavy atom. The predicted molar refractivity (Wildman–Crippen MR) is 75.7 cm³/mol. The molecule has 1 aliphatic carbocycles. The zero-order chi connectivity index (χ0) is 15.6. The molecule has 2 rings (SSSR count). The summed E-state index contributed by atoms with van der Waals surface area (Å²) in [6, 6.07) is 3.77. The van der Waals surface area contributed by atoms with Crippen LogP contribution in [0.5, 0.6) is 0 Å². The van der Waals surface area contributed by atoms with Crippen molar-refractivity contribution in [1.82, 2.24) is 5.32 Å². The molecule has 116 valence electrons. The highest BCUT2D eigenvalue weighted by Crippen LogP contribution is 2.48. The third kappa shape index (κ3) is 3.79. The molecule has 3 nitrogen and oxygen atoms in total. The Kier molecular flexibility index (Phi) is 4.93. The van der Waals surface area contributed by atoms with Crippen LogP contribution in [0.25, 0.3) is 0 Å². The van der Waals surface area contributed by atoms with E-state index in [1.165, 1.54) is 12.1 Å². The Bertz CT molecular complexity index is 519. The second-order valence-electron chi connectivity index (χ2n) is 6.11. The van der Waals surface area contributed by atoms with Gasteiger partial charge in [0, 0.05) is 5.92 Å². The van der Waals surface area contributed by atoms with Gasteiger partial charge >= 0.3 is 0 Å². The van der Waals surface area contributed by atoms with E-state index in [4.69, 9.17) is 0 Å². The van der Waals surface area contributed by atoms with Crippen LogP contribution in [0, 0.1) is 23.5 Å². The van der Waals surface area contributed by atoms with Crippen molar-refractivity contribution in [2.75, 3.05) is 6.61 Å². The lowest BCUT2D eigenvalue weighted by Gasteiger charge is -2.18. The minimum Gasteiger partial charge on any atom is -0.394 e. The van der Waals surface area contributed by atoms with Gasteiger partial charge in [-0.15, -0.1) is 0 Å². The molecule has 0 radical (unpaired) electrons. The van der Waals surface area contributed by atoms with Gasteiger partial charge in [-0.05, 0) is 36.3 Å². The highest BCUT2D eigenvalue weighted by molar-refractivity contribution is 5.83. The molecule has 1 fully saturated rings. The van der Waals surface area contributed by atoms with Gasteiger partial charge in [-0.1, -0.05) is 26.0 Å². The Morgan fingerprint density at radius 3 is 2.76 bits per heavy atom. The summed E-state index contributed by atoms with van der Waals surface area (Å²) in [6.07, 6.45) is 1.21. The molecule has 2 N–H and O–H groups in total. The number of aliphatic hydroxyl groups is 1. The molecule has 1 aliphatic rings. The number of benzene rings is 1. The first-order chi connectivity index (χ1) is 9.93. The first-order valence-corrected chi connectivity index (χ1v) is 7.29. The van der Waals surface area contributed by atoms with Crippen molar-refractivity contribution >= 4 is 5.91 Å². The molecule has 1 amide bonds. The monoisotopic (exact) mass is 297 g/mol. The summed E-state index contributed by atoms with van der Waals surface area (Å²) < 4.78 is 26.9. The number of halogens is 2. The van der Waals surface area contributed by atoms with Crippen LogP contribution in [-0.4, -0.2) is 23.7 Å². The Balaban J connectivity index is 1.96. The van der Waals surface area contributed by atoms with Crippen LogP contribution in [0.15, 0.2) is 18.2 Å². The van der Waals surface area contributed by atoms with Crippen molar-refractivity contribution in [2.24, 2.45) is 11.8 Å². The number of hydrogen-bond acceptors (Lipinski definition) is 2. The molecular weight excluding hydrogens is 276 g/mol. The van der Waals surface area contributed by atoms with Crippen LogP contribution >= 0.6 is 0 Å². The van der Waals surface area contributed by atoms with E-state index in [1.807, 2.05) is 13.8 Å². The van der Waals surface area contributed by atoms with E-state index >= 15 is 0 Å². The van der Waals surface area contributed by atoms with Gasteiger partial charge in [0.15, 0.2) is 11.6 Å². The number of carbonyl (C=O) groups excluding carboxylic acids is 1. The van der Waals surface area contributed by atoms with Gasteiger partial charge in [0.2, 0.25) is 5.91 Å². The Labute approximate surface area is 123 Å². The maximum atomic E-state index is 13.7. The number of aliphatic hydroxyl groups excluding tert-OH is 1. The normalized spacial score (nSPS) is 22.2. The smallest absolute Gasteiger partial charge is 0.224 e. The molecule has 0 aliphatic heterocycles. The number of amides is 1. The fourth-order valence-corrected chi connectivity index (χ4v) is 2.69. The summed E-state index contributed by atoms with van der Waals surface area (Å²) in [5, 5.41) is 12.1. The zero-order valence-electron chi connectivity index (χ0n) is 12.3. The molecule has 21 heavy (non-hydrogen) atoms. The molecule has 0 bridgehead atoms. The summed E-state index contributed by atoms with van der Waals surface area (Å²) >= 11 is 0. The zero-order valence-corrected chi connectivity index (χ0v) is 12.3. The number of hydrogen-bond donors (Lipinski definition) is 2. The van der Waals surface area contributed by atoms with Crippen molar-refractivity contribution in [1.29, 1.82) is 0 Å². The quantitative estimate of drug-likeness (QED) is 0.848. The molecule has 5 heteroatoms. The fraction of sp³-hybridized carbons (Fsp3) is 0.562. The van der Waals surface area contributed by atoms with Gasteiger partial charge in [-0.25, -0.2) is 8.78 Å². The molecular formula is C16H21F2NO2. The standard InChI is InChI=1S/C16H21F2NO2/c1-9(2)6-10(8-20)19-16(21)13-7-12(13)11-4-3-5-14(17)15(11)18/h3-5,9-10,12-13,20H,6-8H2,1-2H3,(H,19,21). The lowest BCUT2D eigenvalue weighted by Crippen LogP contribution is -2.39. The fourth-order valence-electron chi connectivity index (χ4n) is 2.69. The van der Waals surface area contributed by atoms with E-state index in [0.717, 1.165) is 6.07 Å². The summed E-state index contributed by atoms with van der Waals surface area (Å²) in [5.41, 5.74) is 0.263. The van der Waals surface area contributed by atoms with Gasteiger partial charge in [0.1, 0.15) is 0 Å². The molecule has 0 saturated heterocycles. The summed E-state index contributed by atoms with van der Waals surface area (Å²) in [7, 11) is 0. The topological polar surface area (TPSA) is 49.3 Å². The van der Waals surface area contributed by atoms with E-state index in [9.17, 15) is 18.7 Å².